The highest BCUT2D eigenvalue weighted by Gasteiger charge is 2.07. The molecule has 0 amide bonds. The summed E-state index contributed by atoms with van der Waals surface area (Å²) in [4.78, 5) is 0. The van der Waals surface area contributed by atoms with Crippen molar-refractivity contribution < 1.29 is 14.9 Å². The largest absolute Gasteiger partial charge is 0.504 e. The van der Waals surface area contributed by atoms with E-state index >= 15 is 0 Å². The molecule has 112 valence electrons. The third-order valence-electron chi connectivity index (χ3n) is 3.62. The predicted octanol–water partition coefficient (Wildman–Crippen LogP) is 3.33. The number of aliphatic hydroxyl groups excluding tert-OH is 1. The van der Waals surface area contributed by atoms with Crippen LogP contribution in [0.1, 0.15) is 24.0 Å². The van der Waals surface area contributed by atoms with Crippen molar-refractivity contribution in [3.05, 3.63) is 59.7 Å². The first-order valence-electron chi connectivity index (χ1n) is 7.27. The minimum absolute atomic E-state index is 0.144. The molecule has 0 radical (unpaired) electrons. The summed E-state index contributed by atoms with van der Waals surface area (Å²) in [6.07, 6.45) is 2.82. The molecule has 0 saturated carbocycles. The summed E-state index contributed by atoms with van der Waals surface area (Å²) in [7, 11) is 1.54. The van der Waals surface area contributed by atoms with E-state index in [9.17, 15) is 10.2 Å². The molecule has 1 atom stereocenters. The molecule has 2 N–H and O–H groups in total. The lowest BCUT2D eigenvalue weighted by Crippen LogP contribution is -2.09. The van der Waals surface area contributed by atoms with Crippen molar-refractivity contribution in [1.29, 1.82) is 0 Å². The Morgan fingerprint density at radius 3 is 2.29 bits per heavy atom. The first-order valence-corrected chi connectivity index (χ1v) is 7.27. The molecular formula is C18H22O3. The van der Waals surface area contributed by atoms with Gasteiger partial charge in [0.2, 0.25) is 0 Å². The summed E-state index contributed by atoms with van der Waals surface area (Å²) in [5.74, 6) is 0.622. The quantitative estimate of drug-likeness (QED) is 0.821. The van der Waals surface area contributed by atoms with Crippen LogP contribution in [0.3, 0.4) is 0 Å². The van der Waals surface area contributed by atoms with Gasteiger partial charge in [-0.15, -0.1) is 0 Å². The van der Waals surface area contributed by atoms with Gasteiger partial charge in [0.1, 0.15) is 0 Å². The van der Waals surface area contributed by atoms with Crippen LogP contribution in [0, 0.1) is 0 Å². The van der Waals surface area contributed by atoms with Gasteiger partial charge in [0, 0.05) is 0 Å². The first-order chi connectivity index (χ1) is 10.2. The standard InChI is InChI=1S/C18H22O3/c1-21-18-13-15(9-12-17(18)20)8-11-16(19)10-7-14-5-3-2-4-6-14/h2-6,9,12-13,16,19-20H,7-8,10-11H2,1H3/t16-/m1/s1. The van der Waals surface area contributed by atoms with Crippen LogP contribution in [-0.2, 0) is 12.8 Å². The number of aliphatic hydroxyl groups is 1. The fraction of sp³-hybridized carbons (Fsp3) is 0.333. The Morgan fingerprint density at radius 1 is 0.952 bits per heavy atom. The van der Waals surface area contributed by atoms with Crippen molar-refractivity contribution in [1.82, 2.24) is 0 Å². The van der Waals surface area contributed by atoms with E-state index in [1.54, 1.807) is 6.07 Å². The highest BCUT2D eigenvalue weighted by atomic mass is 16.5. The van der Waals surface area contributed by atoms with Crippen LogP contribution >= 0.6 is 0 Å². The zero-order chi connectivity index (χ0) is 15.1. The maximum absolute atomic E-state index is 10.1. The summed E-state index contributed by atoms with van der Waals surface area (Å²) in [5.41, 5.74) is 2.31. The number of aromatic hydroxyl groups is 1. The maximum atomic E-state index is 10.1. The molecule has 0 spiro atoms. The Bertz CT molecular complexity index is 552. The number of aryl methyl sites for hydroxylation is 2. The van der Waals surface area contributed by atoms with Gasteiger partial charge in [-0.05, 0) is 48.9 Å². The lowest BCUT2D eigenvalue weighted by Gasteiger charge is -2.11. The molecule has 0 unspecified atom stereocenters. The second kappa shape index (κ2) is 7.70. The maximum Gasteiger partial charge on any atom is 0.160 e. The SMILES string of the molecule is COc1cc(CC[C@H](O)CCc2ccccc2)ccc1O. The molecule has 0 bridgehead atoms. The van der Waals surface area contributed by atoms with Crippen molar-refractivity contribution >= 4 is 0 Å². The summed E-state index contributed by atoms with van der Waals surface area (Å²) in [5, 5.41) is 19.6. The smallest absolute Gasteiger partial charge is 0.160 e. The monoisotopic (exact) mass is 286 g/mol. The summed E-state index contributed by atoms with van der Waals surface area (Å²) in [6.45, 7) is 0. The zero-order valence-electron chi connectivity index (χ0n) is 12.3. The fourth-order valence-electron chi connectivity index (χ4n) is 2.33. The highest BCUT2D eigenvalue weighted by molar-refractivity contribution is 5.41. The van der Waals surface area contributed by atoms with E-state index < -0.39 is 0 Å². The number of benzene rings is 2. The van der Waals surface area contributed by atoms with Gasteiger partial charge in [-0.1, -0.05) is 36.4 Å². The Labute approximate surface area is 125 Å². The van der Waals surface area contributed by atoms with Gasteiger partial charge >= 0.3 is 0 Å². The first kappa shape index (κ1) is 15.4. The van der Waals surface area contributed by atoms with Crippen molar-refractivity contribution in [2.45, 2.75) is 31.8 Å². The number of methoxy groups -OCH3 is 1. The van der Waals surface area contributed by atoms with Gasteiger partial charge in [0.25, 0.3) is 0 Å². The van der Waals surface area contributed by atoms with Gasteiger partial charge in [0.05, 0.1) is 13.2 Å². The van der Waals surface area contributed by atoms with E-state index in [0.717, 1.165) is 24.8 Å². The van der Waals surface area contributed by atoms with Crippen LogP contribution in [0.5, 0.6) is 11.5 Å². The number of rotatable bonds is 7. The van der Waals surface area contributed by atoms with Crippen molar-refractivity contribution in [3.8, 4) is 11.5 Å². The molecule has 0 fully saturated rings. The molecule has 0 aliphatic heterocycles. The lowest BCUT2D eigenvalue weighted by atomic mass is 10.0. The van der Waals surface area contributed by atoms with E-state index in [2.05, 4.69) is 12.1 Å². The molecule has 2 aromatic carbocycles. The van der Waals surface area contributed by atoms with Crippen LogP contribution in [0.25, 0.3) is 0 Å². The minimum Gasteiger partial charge on any atom is -0.504 e. The molecule has 0 aliphatic carbocycles. The van der Waals surface area contributed by atoms with Crippen LogP contribution in [0.4, 0.5) is 0 Å². The zero-order valence-corrected chi connectivity index (χ0v) is 12.3. The van der Waals surface area contributed by atoms with E-state index in [0.29, 0.717) is 12.2 Å². The Balaban J connectivity index is 1.79. The van der Waals surface area contributed by atoms with Crippen LogP contribution in [0.15, 0.2) is 48.5 Å². The second-order valence-electron chi connectivity index (χ2n) is 5.22. The number of phenolic OH excluding ortho intramolecular Hbond substituents is 1. The van der Waals surface area contributed by atoms with Gasteiger partial charge in [0.15, 0.2) is 11.5 Å². The van der Waals surface area contributed by atoms with Crippen LogP contribution in [0.2, 0.25) is 0 Å². The third kappa shape index (κ3) is 4.80. The van der Waals surface area contributed by atoms with Gasteiger partial charge in [-0.2, -0.15) is 0 Å². The van der Waals surface area contributed by atoms with Crippen LogP contribution in [-0.4, -0.2) is 23.4 Å². The lowest BCUT2D eigenvalue weighted by molar-refractivity contribution is 0.155. The van der Waals surface area contributed by atoms with Gasteiger partial charge in [-0.3, -0.25) is 0 Å². The molecule has 0 saturated heterocycles. The Hall–Kier alpha value is -2.00. The average molecular weight is 286 g/mol. The summed E-state index contributed by atoms with van der Waals surface area (Å²) < 4.78 is 5.09. The molecule has 0 aromatic heterocycles. The molecule has 3 nitrogen and oxygen atoms in total. The number of phenols is 1. The van der Waals surface area contributed by atoms with E-state index in [-0.39, 0.29) is 11.9 Å². The average Bonchev–Trinajstić information content (AvgIpc) is 2.53. The Kier molecular flexibility index (Phi) is 5.64. The third-order valence-corrected chi connectivity index (χ3v) is 3.62. The predicted molar refractivity (Wildman–Crippen MR) is 83.7 cm³/mol. The highest BCUT2D eigenvalue weighted by Crippen LogP contribution is 2.27. The van der Waals surface area contributed by atoms with Crippen molar-refractivity contribution in [3.63, 3.8) is 0 Å². The van der Waals surface area contributed by atoms with Gasteiger partial charge in [-0.25, -0.2) is 0 Å². The second-order valence-corrected chi connectivity index (χ2v) is 5.22. The fourth-order valence-corrected chi connectivity index (χ4v) is 2.33. The molecule has 2 aromatic rings. The molecule has 0 heterocycles. The van der Waals surface area contributed by atoms with Crippen molar-refractivity contribution in [2.75, 3.05) is 7.11 Å². The summed E-state index contributed by atoms with van der Waals surface area (Å²) >= 11 is 0. The molecule has 2 rings (SSSR count). The molecular weight excluding hydrogens is 264 g/mol. The molecule has 21 heavy (non-hydrogen) atoms. The van der Waals surface area contributed by atoms with E-state index in [4.69, 9.17) is 4.74 Å². The Morgan fingerprint density at radius 2 is 1.62 bits per heavy atom. The van der Waals surface area contributed by atoms with E-state index in [1.807, 2.05) is 30.3 Å². The topological polar surface area (TPSA) is 49.7 Å². The molecule has 3 heteroatoms. The van der Waals surface area contributed by atoms with Crippen molar-refractivity contribution in [2.24, 2.45) is 0 Å². The minimum atomic E-state index is -0.315. The number of hydrogen-bond acceptors (Lipinski definition) is 3. The van der Waals surface area contributed by atoms with E-state index in [1.165, 1.54) is 12.7 Å². The summed E-state index contributed by atoms with van der Waals surface area (Å²) in [6, 6.07) is 15.5. The van der Waals surface area contributed by atoms with Crippen LogP contribution < -0.4 is 4.74 Å². The normalized spacial score (nSPS) is 12.1. The number of ether oxygens (including phenoxy) is 1. The number of hydrogen-bond donors (Lipinski definition) is 2. The molecule has 0 aliphatic rings. The van der Waals surface area contributed by atoms with Gasteiger partial charge < -0.3 is 14.9 Å².